The molecule has 0 spiro atoms. The molecule has 0 bridgehead atoms. The number of benzene rings is 2. The van der Waals surface area contributed by atoms with Crippen LogP contribution in [0.15, 0.2) is 52.3 Å². The number of rotatable bonds is 7. The van der Waals surface area contributed by atoms with E-state index in [2.05, 4.69) is 0 Å². The van der Waals surface area contributed by atoms with Crippen LogP contribution in [0, 0.1) is 0 Å². The molecule has 1 aliphatic heterocycles. The van der Waals surface area contributed by atoms with Crippen molar-refractivity contribution in [2.75, 3.05) is 34.4 Å². The summed E-state index contributed by atoms with van der Waals surface area (Å²) in [5.41, 5.74) is 0. The number of sulfonamides is 1. The van der Waals surface area contributed by atoms with Gasteiger partial charge < -0.3 is 14.2 Å². The first-order valence-corrected chi connectivity index (χ1v) is 12.3. The van der Waals surface area contributed by atoms with Crippen LogP contribution >= 0.6 is 0 Å². The highest BCUT2D eigenvalue weighted by Crippen LogP contribution is 2.33. The molecule has 0 aromatic heterocycles. The van der Waals surface area contributed by atoms with Crippen molar-refractivity contribution in [3.8, 4) is 17.2 Å². The van der Waals surface area contributed by atoms with Gasteiger partial charge in [0.25, 0.3) is 0 Å². The molecule has 1 saturated heterocycles. The lowest BCUT2D eigenvalue weighted by Crippen LogP contribution is -2.42. The zero-order valence-corrected chi connectivity index (χ0v) is 18.7. The minimum atomic E-state index is -3.86. The van der Waals surface area contributed by atoms with Gasteiger partial charge >= 0.3 is 0 Å². The van der Waals surface area contributed by atoms with Crippen LogP contribution in [0.4, 0.5) is 0 Å². The van der Waals surface area contributed by atoms with Gasteiger partial charge in [0.1, 0.15) is 22.1 Å². The van der Waals surface area contributed by atoms with E-state index in [0.717, 1.165) is 0 Å². The monoisotopic (exact) mass is 455 g/mol. The Balaban J connectivity index is 1.79. The Labute approximate surface area is 177 Å². The fraction of sp³-hybridized carbons (Fsp3) is 0.400. The van der Waals surface area contributed by atoms with Crippen molar-refractivity contribution in [3.63, 3.8) is 0 Å². The number of hydrogen-bond acceptors (Lipinski definition) is 7. The van der Waals surface area contributed by atoms with Crippen molar-refractivity contribution in [3.05, 3.63) is 42.5 Å². The highest BCUT2D eigenvalue weighted by molar-refractivity contribution is 7.92. The van der Waals surface area contributed by atoms with Gasteiger partial charge in [0, 0.05) is 19.2 Å². The van der Waals surface area contributed by atoms with Gasteiger partial charge in [0.2, 0.25) is 10.0 Å². The molecule has 0 saturated carbocycles. The smallest absolute Gasteiger partial charge is 0.246 e. The largest absolute Gasteiger partial charge is 0.497 e. The number of piperidine rings is 1. The van der Waals surface area contributed by atoms with Gasteiger partial charge in [-0.1, -0.05) is 0 Å². The molecular weight excluding hydrogens is 430 g/mol. The Kier molecular flexibility index (Phi) is 6.59. The number of ether oxygens (including phenoxy) is 3. The van der Waals surface area contributed by atoms with Crippen molar-refractivity contribution in [2.45, 2.75) is 27.9 Å². The van der Waals surface area contributed by atoms with Crippen LogP contribution < -0.4 is 14.2 Å². The van der Waals surface area contributed by atoms with E-state index in [0.29, 0.717) is 11.5 Å². The summed E-state index contributed by atoms with van der Waals surface area (Å²) in [5.74, 6) is 1.18. The maximum absolute atomic E-state index is 13.2. The minimum Gasteiger partial charge on any atom is -0.497 e. The molecule has 0 aliphatic carbocycles. The van der Waals surface area contributed by atoms with Crippen LogP contribution in [-0.4, -0.2) is 60.8 Å². The molecule has 0 N–H and O–H groups in total. The Bertz CT molecular complexity index is 1090. The van der Waals surface area contributed by atoms with Crippen LogP contribution in [0.1, 0.15) is 12.8 Å². The predicted molar refractivity (Wildman–Crippen MR) is 112 cm³/mol. The molecule has 30 heavy (non-hydrogen) atoms. The summed E-state index contributed by atoms with van der Waals surface area (Å²) in [4.78, 5) is 0.208. The average Bonchev–Trinajstić information content (AvgIpc) is 2.78. The van der Waals surface area contributed by atoms with Crippen LogP contribution in [0.3, 0.4) is 0 Å². The molecule has 0 amide bonds. The summed E-state index contributed by atoms with van der Waals surface area (Å²) in [6.07, 6.45) is 0.416. The molecule has 2 aromatic carbocycles. The molecule has 0 unspecified atom stereocenters. The van der Waals surface area contributed by atoms with Crippen LogP contribution in [0.5, 0.6) is 17.2 Å². The normalized spacial score (nSPS) is 16.2. The third-order valence-electron chi connectivity index (χ3n) is 5.22. The van der Waals surface area contributed by atoms with E-state index in [1.165, 1.54) is 49.9 Å². The van der Waals surface area contributed by atoms with Gasteiger partial charge in [0.15, 0.2) is 9.84 Å². The topological polar surface area (TPSA) is 99.2 Å². The maximum atomic E-state index is 13.2. The quantitative estimate of drug-likeness (QED) is 0.632. The van der Waals surface area contributed by atoms with Crippen LogP contribution in [0.25, 0.3) is 0 Å². The van der Waals surface area contributed by atoms with Gasteiger partial charge in [-0.3, -0.25) is 0 Å². The van der Waals surface area contributed by atoms with Crippen molar-refractivity contribution >= 4 is 19.9 Å². The molecule has 10 heteroatoms. The van der Waals surface area contributed by atoms with E-state index in [9.17, 15) is 16.8 Å². The number of hydrogen-bond donors (Lipinski definition) is 0. The third kappa shape index (κ3) is 4.26. The second kappa shape index (κ2) is 8.83. The summed E-state index contributed by atoms with van der Waals surface area (Å²) in [5, 5.41) is -0.649. The van der Waals surface area contributed by atoms with Crippen LogP contribution in [-0.2, 0) is 19.9 Å². The minimum absolute atomic E-state index is 0.000751. The summed E-state index contributed by atoms with van der Waals surface area (Å²) in [6, 6.07) is 10.8. The number of nitrogens with zero attached hydrogens (tertiary/aromatic N) is 1. The molecular formula is C20H25NO7S2. The second-order valence-corrected chi connectivity index (χ2v) is 11.0. The highest BCUT2D eigenvalue weighted by atomic mass is 32.2. The van der Waals surface area contributed by atoms with E-state index < -0.39 is 25.1 Å². The predicted octanol–water partition coefficient (Wildman–Crippen LogP) is 2.34. The summed E-state index contributed by atoms with van der Waals surface area (Å²) in [6.45, 7) is 0.200. The Morgan fingerprint density at radius 3 is 1.90 bits per heavy atom. The van der Waals surface area contributed by atoms with E-state index in [1.807, 2.05) is 0 Å². The molecule has 1 fully saturated rings. The van der Waals surface area contributed by atoms with E-state index in [1.54, 1.807) is 18.2 Å². The second-order valence-electron chi connectivity index (χ2n) is 6.84. The molecule has 164 valence electrons. The molecule has 1 heterocycles. The first-order chi connectivity index (χ1) is 14.2. The van der Waals surface area contributed by atoms with E-state index in [4.69, 9.17) is 14.2 Å². The Morgan fingerprint density at radius 2 is 1.37 bits per heavy atom. The fourth-order valence-corrected chi connectivity index (χ4v) is 6.84. The standard InChI is InChI=1S/C20H25NO7S2/c1-26-15-4-7-17(8-5-15)29(22,23)18-10-12-21(13-11-18)30(24,25)20-14-16(27-2)6-9-19(20)28-3/h4-9,14,18H,10-13H2,1-3H3. The maximum Gasteiger partial charge on any atom is 0.246 e. The molecule has 0 atom stereocenters. The van der Waals surface area contributed by atoms with Gasteiger partial charge in [0.05, 0.1) is 31.5 Å². The zero-order chi connectivity index (χ0) is 21.9. The Hall–Kier alpha value is -2.30. The SMILES string of the molecule is COc1ccc(S(=O)(=O)C2CCN(S(=O)(=O)c3cc(OC)ccc3OC)CC2)cc1. The average molecular weight is 456 g/mol. The third-order valence-corrected chi connectivity index (χ3v) is 9.41. The van der Waals surface area contributed by atoms with Gasteiger partial charge in [-0.15, -0.1) is 0 Å². The number of sulfone groups is 1. The summed E-state index contributed by atoms with van der Waals surface area (Å²) in [7, 11) is -3.07. The molecule has 0 radical (unpaired) electrons. The summed E-state index contributed by atoms with van der Waals surface area (Å²) >= 11 is 0. The molecule has 3 rings (SSSR count). The summed E-state index contributed by atoms with van der Waals surface area (Å²) < 4.78 is 68.9. The van der Waals surface area contributed by atoms with Crippen molar-refractivity contribution in [1.82, 2.24) is 4.31 Å². The highest BCUT2D eigenvalue weighted by Gasteiger charge is 2.37. The first-order valence-electron chi connectivity index (χ1n) is 9.34. The van der Waals surface area contributed by atoms with E-state index >= 15 is 0 Å². The van der Waals surface area contributed by atoms with Crippen molar-refractivity contribution < 1.29 is 31.0 Å². The van der Waals surface area contributed by atoms with Gasteiger partial charge in [-0.05, 0) is 49.2 Å². The Morgan fingerprint density at radius 1 is 0.800 bits per heavy atom. The van der Waals surface area contributed by atoms with Crippen molar-refractivity contribution in [2.24, 2.45) is 0 Å². The van der Waals surface area contributed by atoms with Gasteiger partial charge in [-0.25, -0.2) is 16.8 Å². The number of methoxy groups -OCH3 is 3. The fourth-order valence-electron chi connectivity index (χ4n) is 3.47. The lowest BCUT2D eigenvalue weighted by molar-refractivity contribution is 0.341. The lowest BCUT2D eigenvalue weighted by atomic mass is 10.2. The lowest BCUT2D eigenvalue weighted by Gasteiger charge is -2.31. The zero-order valence-electron chi connectivity index (χ0n) is 17.1. The van der Waals surface area contributed by atoms with E-state index in [-0.39, 0.29) is 41.5 Å². The van der Waals surface area contributed by atoms with Gasteiger partial charge in [-0.2, -0.15) is 4.31 Å². The first kappa shape index (κ1) is 22.4. The van der Waals surface area contributed by atoms with Crippen molar-refractivity contribution in [1.29, 1.82) is 0 Å². The molecule has 8 nitrogen and oxygen atoms in total. The molecule has 2 aromatic rings. The molecule has 1 aliphatic rings. The van der Waals surface area contributed by atoms with Crippen LogP contribution in [0.2, 0.25) is 0 Å².